The summed E-state index contributed by atoms with van der Waals surface area (Å²) in [6.07, 6.45) is -1.22. The molecule has 1 atom stereocenters. The highest BCUT2D eigenvalue weighted by atomic mass is 19.4. The molecule has 0 spiro atoms. The Labute approximate surface area is 207 Å². The molecule has 1 saturated carbocycles. The highest BCUT2D eigenvalue weighted by Gasteiger charge is 2.35. The van der Waals surface area contributed by atoms with Crippen LogP contribution in [0.25, 0.3) is 10.9 Å². The molecule has 3 aromatic rings. The third kappa shape index (κ3) is 6.16. The SMILES string of the molecule is CN(C)c1nc(NC2CCC(CC(C(N)=O)c3ccccc3OC(F)(F)F)CC2)nc2ccccc12. The molecule has 1 aliphatic rings. The molecule has 36 heavy (non-hydrogen) atoms. The van der Waals surface area contributed by atoms with E-state index in [0.717, 1.165) is 42.4 Å². The zero-order valence-electron chi connectivity index (χ0n) is 20.3. The summed E-state index contributed by atoms with van der Waals surface area (Å²) in [4.78, 5) is 23.6. The van der Waals surface area contributed by atoms with Crippen LogP contribution in [0.2, 0.25) is 0 Å². The summed E-state index contributed by atoms with van der Waals surface area (Å²) in [5.74, 6) is -0.350. The topological polar surface area (TPSA) is 93.4 Å². The number of hydrogen-bond donors (Lipinski definition) is 2. The van der Waals surface area contributed by atoms with E-state index in [-0.39, 0.29) is 23.3 Å². The Morgan fingerprint density at radius 2 is 1.75 bits per heavy atom. The lowest BCUT2D eigenvalue weighted by Crippen LogP contribution is -2.30. The molecule has 0 bridgehead atoms. The van der Waals surface area contributed by atoms with Crippen molar-refractivity contribution < 1.29 is 22.7 Å². The number of nitrogens with one attached hydrogen (secondary N) is 1. The summed E-state index contributed by atoms with van der Waals surface area (Å²) in [7, 11) is 3.88. The Bertz CT molecular complexity index is 1210. The number of benzene rings is 2. The molecular weight excluding hydrogens is 471 g/mol. The maximum absolute atomic E-state index is 12.9. The van der Waals surface area contributed by atoms with E-state index in [9.17, 15) is 18.0 Å². The highest BCUT2D eigenvalue weighted by Crippen LogP contribution is 2.38. The largest absolute Gasteiger partial charge is 0.573 e. The standard InChI is InChI=1S/C26H30F3N5O2/c1-34(2)24-19-8-3-5-9-21(19)32-25(33-24)31-17-13-11-16(12-14-17)15-20(23(30)35)18-7-4-6-10-22(18)36-26(27,28)29/h3-10,16-17,20H,11-15H2,1-2H3,(H2,30,35)(H,31,32,33). The van der Waals surface area contributed by atoms with Gasteiger partial charge in [-0.25, -0.2) is 4.98 Å². The number of fused-ring (bicyclic) bond motifs is 1. The molecule has 7 nitrogen and oxygen atoms in total. The van der Waals surface area contributed by atoms with Crippen LogP contribution in [-0.2, 0) is 4.79 Å². The van der Waals surface area contributed by atoms with Gasteiger partial charge in [0.15, 0.2) is 0 Å². The molecule has 0 saturated heterocycles. The molecule has 192 valence electrons. The fourth-order valence-corrected chi connectivity index (χ4v) is 4.91. The van der Waals surface area contributed by atoms with Gasteiger partial charge in [0.05, 0.1) is 11.4 Å². The van der Waals surface area contributed by atoms with Crippen molar-refractivity contribution in [2.24, 2.45) is 11.7 Å². The first-order valence-electron chi connectivity index (χ1n) is 12.0. The Hall–Kier alpha value is -3.56. The van der Waals surface area contributed by atoms with Gasteiger partial charge >= 0.3 is 6.36 Å². The number of nitrogens with zero attached hydrogens (tertiary/aromatic N) is 3. The van der Waals surface area contributed by atoms with Gasteiger partial charge in [-0.05, 0) is 56.2 Å². The van der Waals surface area contributed by atoms with Gasteiger partial charge in [0.25, 0.3) is 0 Å². The second-order valence-corrected chi connectivity index (χ2v) is 9.42. The fourth-order valence-electron chi connectivity index (χ4n) is 4.91. The average Bonchev–Trinajstić information content (AvgIpc) is 2.82. The summed E-state index contributed by atoms with van der Waals surface area (Å²) in [5, 5.41) is 4.42. The van der Waals surface area contributed by atoms with Crippen LogP contribution in [0, 0.1) is 5.92 Å². The van der Waals surface area contributed by atoms with E-state index in [1.165, 1.54) is 18.2 Å². The summed E-state index contributed by atoms with van der Waals surface area (Å²) >= 11 is 0. The van der Waals surface area contributed by atoms with Gasteiger partial charge in [0.1, 0.15) is 11.6 Å². The monoisotopic (exact) mass is 501 g/mol. The lowest BCUT2D eigenvalue weighted by molar-refractivity contribution is -0.275. The van der Waals surface area contributed by atoms with Crippen molar-refractivity contribution in [2.75, 3.05) is 24.3 Å². The lowest BCUT2D eigenvalue weighted by Gasteiger charge is -2.31. The number of para-hydroxylation sites is 2. The predicted octanol–water partition coefficient (Wildman–Crippen LogP) is 5.22. The third-order valence-electron chi connectivity index (χ3n) is 6.62. The Balaban J connectivity index is 1.42. The van der Waals surface area contributed by atoms with Gasteiger partial charge in [0, 0.05) is 31.1 Å². The van der Waals surface area contributed by atoms with Crippen molar-refractivity contribution in [2.45, 2.75) is 50.4 Å². The number of ether oxygens (including phenoxy) is 1. The minimum absolute atomic E-state index is 0.148. The maximum atomic E-state index is 12.9. The van der Waals surface area contributed by atoms with Gasteiger partial charge in [0.2, 0.25) is 11.9 Å². The Morgan fingerprint density at radius 3 is 2.42 bits per heavy atom. The minimum Gasteiger partial charge on any atom is -0.405 e. The third-order valence-corrected chi connectivity index (χ3v) is 6.62. The molecule has 1 aromatic heterocycles. The van der Waals surface area contributed by atoms with Crippen LogP contribution in [0.15, 0.2) is 48.5 Å². The maximum Gasteiger partial charge on any atom is 0.573 e. The van der Waals surface area contributed by atoms with Crippen LogP contribution < -0.4 is 20.7 Å². The zero-order chi connectivity index (χ0) is 25.9. The number of amides is 1. The lowest BCUT2D eigenvalue weighted by atomic mass is 9.78. The van der Waals surface area contributed by atoms with Crippen molar-refractivity contribution >= 4 is 28.6 Å². The van der Waals surface area contributed by atoms with Crippen LogP contribution in [0.1, 0.15) is 43.6 Å². The van der Waals surface area contributed by atoms with Gasteiger partial charge in [-0.15, -0.1) is 13.2 Å². The number of aromatic nitrogens is 2. The van der Waals surface area contributed by atoms with Gasteiger partial charge in [-0.2, -0.15) is 4.98 Å². The number of rotatable bonds is 8. The van der Waals surface area contributed by atoms with Gasteiger partial charge < -0.3 is 20.7 Å². The van der Waals surface area contributed by atoms with Gasteiger partial charge in [-0.3, -0.25) is 4.79 Å². The normalized spacial score (nSPS) is 19.0. The van der Waals surface area contributed by atoms with Crippen molar-refractivity contribution in [3.63, 3.8) is 0 Å². The minimum atomic E-state index is -4.85. The summed E-state index contributed by atoms with van der Waals surface area (Å²) in [6, 6.07) is 13.7. The molecule has 0 aliphatic heterocycles. The van der Waals surface area contributed by atoms with Crippen LogP contribution in [-0.4, -0.2) is 42.4 Å². The fraction of sp³-hybridized carbons (Fsp3) is 0.423. The number of halogens is 3. The quantitative estimate of drug-likeness (QED) is 0.439. The Kier molecular flexibility index (Phi) is 7.51. The van der Waals surface area contributed by atoms with E-state index < -0.39 is 18.2 Å². The highest BCUT2D eigenvalue weighted by molar-refractivity contribution is 5.90. The second kappa shape index (κ2) is 10.6. The van der Waals surface area contributed by atoms with Crippen LogP contribution in [0.3, 0.4) is 0 Å². The number of primary amides is 1. The number of alkyl halides is 3. The first-order chi connectivity index (χ1) is 17.1. The van der Waals surface area contributed by atoms with Crippen LogP contribution >= 0.6 is 0 Å². The van der Waals surface area contributed by atoms with E-state index in [1.807, 2.05) is 43.3 Å². The van der Waals surface area contributed by atoms with E-state index in [4.69, 9.17) is 10.7 Å². The molecule has 3 N–H and O–H groups in total. The van der Waals surface area contributed by atoms with E-state index in [2.05, 4.69) is 15.0 Å². The molecule has 1 fully saturated rings. The van der Waals surface area contributed by atoms with E-state index >= 15 is 0 Å². The molecule has 4 rings (SSSR count). The smallest absolute Gasteiger partial charge is 0.405 e. The van der Waals surface area contributed by atoms with Crippen molar-refractivity contribution in [1.29, 1.82) is 0 Å². The van der Waals surface area contributed by atoms with E-state index in [1.54, 1.807) is 6.07 Å². The Morgan fingerprint density at radius 1 is 1.08 bits per heavy atom. The first-order valence-corrected chi connectivity index (χ1v) is 12.0. The van der Waals surface area contributed by atoms with Gasteiger partial charge in [-0.1, -0.05) is 30.3 Å². The first kappa shape index (κ1) is 25.5. The number of anilines is 2. The average molecular weight is 502 g/mol. The summed E-state index contributed by atoms with van der Waals surface area (Å²) in [6.45, 7) is 0. The van der Waals surface area contributed by atoms with Crippen LogP contribution in [0.4, 0.5) is 24.9 Å². The van der Waals surface area contributed by atoms with Crippen molar-refractivity contribution in [1.82, 2.24) is 9.97 Å². The molecule has 1 unspecified atom stereocenters. The molecule has 1 heterocycles. The number of carbonyl (C=O) groups is 1. The molecule has 1 amide bonds. The molecular formula is C26H30F3N5O2. The van der Waals surface area contributed by atoms with Crippen LogP contribution in [0.5, 0.6) is 5.75 Å². The number of carbonyl (C=O) groups excluding carboxylic acids is 1. The molecule has 10 heteroatoms. The van der Waals surface area contributed by atoms with Crippen molar-refractivity contribution in [3.8, 4) is 5.75 Å². The summed E-state index contributed by atoms with van der Waals surface area (Å²) in [5.41, 5.74) is 6.65. The predicted molar refractivity (Wildman–Crippen MR) is 133 cm³/mol. The van der Waals surface area contributed by atoms with Crippen molar-refractivity contribution in [3.05, 3.63) is 54.1 Å². The molecule has 0 radical (unpaired) electrons. The van der Waals surface area contributed by atoms with E-state index in [0.29, 0.717) is 12.4 Å². The molecule has 1 aliphatic carbocycles. The number of nitrogens with two attached hydrogens (primary N) is 1. The molecule has 2 aromatic carbocycles. The second-order valence-electron chi connectivity index (χ2n) is 9.42. The number of hydrogen-bond acceptors (Lipinski definition) is 6. The zero-order valence-corrected chi connectivity index (χ0v) is 20.3. The summed E-state index contributed by atoms with van der Waals surface area (Å²) < 4.78 is 42.7.